The number of anilines is 1. The molecular weight excluding hydrogens is 346 g/mol. The Balaban J connectivity index is 1.66. The van der Waals surface area contributed by atoms with E-state index in [9.17, 15) is 8.42 Å². The lowest BCUT2D eigenvalue weighted by Crippen LogP contribution is -2.47. The normalized spacial score (nSPS) is 17.1. The van der Waals surface area contributed by atoms with E-state index in [2.05, 4.69) is 20.2 Å². The van der Waals surface area contributed by atoms with Crippen LogP contribution in [0.15, 0.2) is 28.7 Å². The fourth-order valence-corrected chi connectivity index (χ4v) is 4.57. The van der Waals surface area contributed by atoms with Gasteiger partial charge in [-0.2, -0.15) is 4.31 Å². The second kappa shape index (κ2) is 7.14. The fourth-order valence-electron chi connectivity index (χ4n) is 2.48. The molecule has 0 atom stereocenters. The van der Waals surface area contributed by atoms with Crippen molar-refractivity contribution in [2.75, 3.05) is 38.5 Å². The van der Waals surface area contributed by atoms with Crippen LogP contribution in [0.1, 0.15) is 10.6 Å². The highest BCUT2D eigenvalue weighted by molar-refractivity contribution is 7.89. The first-order valence-electron chi connectivity index (χ1n) is 7.74. The Morgan fingerprint density at radius 3 is 2.54 bits per heavy atom. The maximum absolute atomic E-state index is 12.6. The number of aromatic nitrogens is 2. The van der Waals surface area contributed by atoms with E-state index in [1.807, 2.05) is 19.5 Å². The van der Waals surface area contributed by atoms with Gasteiger partial charge in [-0.3, -0.25) is 0 Å². The van der Waals surface area contributed by atoms with Gasteiger partial charge in [-0.25, -0.2) is 18.4 Å². The summed E-state index contributed by atoms with van der Waals surface area (Å²) < 4.78 is 26.8. The van der Waals surface area contributed by atoms with E-state index >= 15 is 0 Å². The van der Waals surface area contributed by atoms with E-state index in [0.717, 1.165) is 23.7 Å². The molecule has 1 saturated heterocycles. The molecule has 7 nitrogen and oxygen atoms in total. The van der Waals surface area contributed by atoms with Gasteiger partial charge in [0.1, 0.15) is 10.7 Å². The zero-order valence-corrected chi connectivity index (χ0v) is 15.4. The summed E-state index contributed by atoms with van der Waals surface area (Å²) in [5.41, 5.74) is 2.81. The van der Waals surface area contributed by atoms with E-state index in [-0.39, 0.29) is 4.90 Å². The maximum Gasteiger partial charge on any atom is 0.244 e. The molecule has 3 heterocycles. The van der Waals surface area contributed by atoms with Crippen molar-refractivity contribution in [1.82, 2.24) is 19.2 Å². The summed E-state index contributed by atoms with van der Waals surface area (Å²) in [5.74, 6) is 0.653. The van der Waals surface area contributed by atoms with Crippen molar-refractivity contribution in [2.24, 2.45) is 0 Å². The van der Waals surface area contributed by atoms with Gasteiger partial charge in [0.25, 0.3) is 0 Å². The van der Waals surface area contributed by atoms with Gasteiger partial charge in [-0.05, 0) is 26.1 Å². The molecule has 0 amide bonds. The lowest BCUT2D eigenvalue weighted by atomic mass is 10.4. The molecule has 0 aromatic carbocycles. The maximum atomic E-state index is 12.6. The molecule has 0 saturated carbocycles. The van der Waals surface area contributed by atoms with Gasteiger partial charge in [0.2, 0.25) is 10.0 Å². The van der Waals surface area contributed by atoms with Crippen molar-refractivity contribution in [1.29, 1.82) is 0 Å². The molecule has 24 heavy (non-hydrogen) atoms. The minimum Gasteiger partial charge on any atom is -0.365 e. The number of hydrogen-bond acceptors (Lipinski definition) is 7. The Bertz CT molecular complexity index is 780. The number of thiazole rings is 1. The standard InChI is InChI=1S/C15H21N5O2S2/c1-12-14(23-11-18-12)10-17-15-4-3-13(9-16-15)24(21,22)20-7-5-19(2)6-8-20/h3-4,9,11H,5-8,10H2,1-2H3,(H,16,17). The van der Waals surface area contributed by atoms with E-state index < -0.39 is 10.0 Å². The van der Waals surface area contributed by atoms with Crippen molar-refractivity contribution in [3.05, 3.63) is 34.4 Å². The minimum absolute atomic E-state index is 0.242. The first-order chi connectivity index (χ1) is 11.5. The quantitative estimate of drug-likeness (QED) is 0.861. The third kappa shape index (κ3) is 3.75. The second-order valence-corrected chi connectivity index (χ2v) is 8.68. The molecule has 130 valence electrons. The lowest BCUT2D eigenvalue weighted by Gasteiger charge is -2.31. The van der Waals surface area contributed by atoms with Crippen LogP contribution in [0, 0.1) is 6.92 Å². The lowest BCUT2D eigenvalue weighted by molar-refractivity contribution is 0.222. The first-order valence-corrected chi connectivity index (χ1v) is 10.1. The number of piperazine rings is 1. The zero-order valence-electron chi connectivity index (χ0n) is 13.8. The van der Waals surface area contributed by atoms with Crippen LogP contribution < -0.4 is 5.32 Å². The first kappa shape index (κ1) is 17.3. The Kier molecular flexibility index (Phi) is 5.14. The van der Waals surface area contributed by atoms with Crippen molar-refractivity contribution in [2.45, 2.75) is 18.4 Å². The number of likely N-dealkylation sites (N-methyl/N-ethyl adjacent to an activating group) is 1. The SMILES string of the molecule is Cc1ncsc1CNc1ccc(S(=O)(=O)N2CCN(C)CC2)cn1. The molecule has 1 fully saturated rings. The highest BCUT2D eigenvalue weighted by Gasteiger charge is 2.27. The Hall–Kier alpha value is -1.55. The largest absolute Gasteiger partial charge is 0.365 e. The molecule has 0 spiro atoms. The van der Waals surface area contributed by atoms with Crippen molar-refractivity contribution < 1.29 is 8.42 Å². The third-order valence-electron chi connectivity index (χ3n) is 4.11. The molecule has 2 aromatic rings. The summed E-state index contributed by atoms with van der Waals surface area (Å²) in [6.07, 6.45) is 1.43. The van der Waals surface area contributed by atoms with E-state index in [1.165, 1.54) is 10.5 Å². The average Bonchev–Trinajstić information content (AvgIpc) is 2.99. The summed E-state index contributed by atoms with van der Waals surface area (Å²) >= 11 is 1.59. The van der Waals surface area contributed by atoms with Crippen molar-refractivity contribution in [3.8, 4) is 0 Å². The fraction of sp³-hybridized carbons (Fsp3) is 0.467. The molecular formula is C15H21N5O2S2. The number of nitrogens with one attached hydrogen (secondary N) is 1. The number of nitrogens with zero attached hydrogens (tertiary/aromatic N) is 4. The van der Waals surface area contributed by atoms with Gasteiger partial charge in [0, 0.05) is 37.3 Å². The summed E-state index contributed by atoms with van der Waals surface area (Å²) in [6.45, 7) is 5.13. The summed E-state index contributed by atoms with van der Waals surface area (Å²) in [6, 6.07) is 3.32. The zero-order chi connectivity index (χ0) is 17.2. The van der Waals surface area contributed by atoms with E-state index in [0.29, 0.717) is 25.5 Å². The van der Waals surface area contributed by atoms with Crippen LogP contribution in [-0.2, 0) is 16.6 Å². The number of aryl methyl sites for hydroxylation is 1. The van der Waals surface area contributed by atoms with Crippen LogP contribution in [0.2, 0.25) is 0 Å². The van der Waals surface area contributed by atoms with Crippen LogP contribution in [-0.4, -0.2) is 60.8 Å². The molecule has 2 aromatic heterocycles. The average molecular weight is 368 g/mol. The highest BCUT2D eigenvalue weighted by Crippen LogP contribution is 2.19. The predicted molar refractivity (Wildman–Crippen MR) is 94.7 cm³/mol. The number of rotatable bonds is 5. The van der Waals surface area contributed by atoms with Gasteiger partial charge in [-0.15, -0.1) is 11.3 Å². The van der Waals surface area contributed by atoms with Crippen LogP contribution in [0.5, 0.6) is 0 Å². The molecule has 0 unspecified atom stereocenters. The predicted octanol–water partition coefficient (Wildman–Crippen LogP) is 1.39. The van der Waals surface area contributed by atoms with Gasteiger partial charge in [0.15, 0.2) is 0 Å². The molecule has 9 heteroatoms. The Labute approximate surface area is 146 Å². The number of pyridine rings is 1. The second-order valence-electron chi connectivity index (χ2n) is 5.80. The Morgan fingerprint density at radius 2 is 1.96 bits per heavy atom. The molecule has 3 rings (SSSR count). The Morgan fingerprint density at radius 1 is 1.21 bits per heavy atom. The molecule has 1 aliphatic heterocycles. The summed E-state index contributed by atoms with van der Waals surface area (Å²) in [4.78, 5) is 12.0. The van der Waals surface area contributed by atoms with Gasteiger partial charge < -0.3 is 10.2 Å². The third-order valence-corrected chi connectivity index (χ3v) is 6.93. The molecule has 1 N–H and O–H groups in total. The van der Waals surface area contributed by atoms with Gasteiger partial charge >= 0.3 is 0 Å². The monoisotopic (exact) mass is 367 g/mol. The van der Waals surface area contributed by atoms with Gasteiger partial charge in [0.05, 0.1) is 17.7 Å². The molecule has 0 radical (unpaired) electrons. The molecule has 1 aliphatic rings. The van der Waals surface area contributed by atoms with Crippen LogP contribution >= 0.6 is 11.3 Å². The highest BCUT2D eigenvalue weighted by atomic mass is 32.2. The van der Waals surface area contributed by atoms with E-state index in [1.54, 1.807) is 23.5 Å². The topological polar surface area (TPSA) is 78.4 Å². The van der Waals surface area contributed by atoms with E-state index in [4.69, 9.17) is 0 Å². The summed E-state index contributed by atoms with van der Waals surface area (Å²) in [7, 11) is -1.46. The minimum atomic E-state index is -3.46. The number of sulfonamides is 1. The molecule has 0 aliphatic carbocycles. The van der Waals surface area contributed by atoms with Crippen molar-refractivity contribution in [3.63, 3.8) is 0 Å². The van der Waals surface area contributed by atoms with Crippen molar-refractivity contribution >= 4 is 27.2 Å². The van der Waals surface area contributed by atoms with Crippen LogP contribution in [0.4, 0.5) is 5.82 Å². The van der Waals surface area contributed by atoms with Crippen LogP contribution in [0.3, 0.4) is 0 Å². The smallest absolute Gasteiger partial charge is 0.244 e. The van der Waals surface area contributed by atoms with Crippen LogP contribution in [0.25, 0.3) is 0 Å². The summed E-state index contributed by atoms with van der Waals surface area (Å²) in [5, 5.41) is 3.20. The number of hydrogen-bond donors (Lipinski definition) is 1. The molecule has 0 bridgehead atoms. The van der Waals surface area contributed by atoms with Gasteiger partial charge in [-0.1, -0.05) is 0 Å².